The minimum Gasteiger partial charge on any atom is -0.487 e. The number of hydrogen-bond donors (Lipinski definition) is 2. The molecule has 0 aliphatic heterocycles. The third-order valence-corrected chi connectivity index (χ3v) is 3.33. The number of ether oxygens (including phenoxy) is 1. The van der Waals surface area contributed by atoms with Crippen LogP contribution in [0.2, 0.25) is 5.02 Å². The van der Waals surface area contributed by atoms with E-state index >= 15 is 0 Å². The highest BCUT2D eigenvalue weighted by Crippen LogP contribution is 2.28. The third kappa shape index (κ3) is 3.97. The average Bonchev–Trinajstić information content (AvgIpc) is 2.46. The Morgan fingerprint density at radius 1 is 1.24 bits per heavy atom. The molecule has 2 rings (SSSR count). The first kappa shape index (κ1) is 15.4. The van der Waals surface area contributed by atoms with Crippen LogP contribution in [0, 0.1) is 0 Å². The summed E-state index contributed by atoms with van der Waals surface area (Å²) in [6.07, 6.45) is -0.583. The van der Waals surface area contributed by atoms with Gasteiger partial charge in [0.25, 0.3) is 0 Å². The first-order chi connectivity index (χ1) is 9.97. The van der Waals surface area contributed by atoms with Crippen molar-refractivity contribution in [3.8, 4) is 5.75 Å². The van der Waals surface area contributed by atoms with Gasteiger partial charge in [-0.3, -0.25) is 0 Å². The van der Waals surface area contributed by atoms with Crippen molar-refractivity contribution in [2.75, 3.05) is 0 Å². The van der Waals surface area contributed by atoms with E-state index in [2.05, 4.69) is 0 Å². The molecular formula is C16H15ClO4. The molecule has 21 heavy (non-hydrogen) atoms. The van der Waals surface area contributed by atoms with Gasteiger partial charge < -0.3 is 14.9 Å². The molecule has 0 unspecified atom stereocenters. The predicted octanol–water partition coefficient (Wildman–Crippen LogP) is 3.67. The molecule has 0 aliphatic rings. The number of aliphatic hydroxyl groups excluding tert-OH is 1. The van der Waals surface area contributed by atoms with E-state index in [0.717, 1.165) is 11.1 Å². The number of benzene rings is 2. The summed E-state index contributed by atoms with van der Waals surface area (Å²) >= 11 is 6.09. The number of carboxylic acids is 1. The van der Waals surface area contributed by atoms with Crippen LogP contribution in [0.1, 0.15) is 34.5 Å². The molecule has 1 atom stereocenters. The Labute approximate surface area is 127 Å². The number of carbonyl (C=O) groups is 1. The minimum absolute atomic E-state index is 0.234. The molecule has 0 radical (unpaired) electrons. The fraction of sp³-hybridized carbons (Fsp3) is 0.188. The second-order valence-corrected chi connectivity index (χ2v) is 5.06. The van der Waals surface area contributed by atoms with E-state index in [4.69, 9.17) is 21.4 Å². The first-order valence-corrected chi connectivity index (χ1v) is 6.77. The molecule has 0 saturated heterocycles. The zero-order chi connectivity index (χ0) is 15.4. The summed E-state index contributed by atoms with van der Waals surface area (Å²) in [7, 11) is 0. The van der Waals surface area contributed by atoms with Crippen LogP contribution in [-0.4, -0.2) is 16.2 Å². The maximum Gasteiger partial charge on any atom is 0.335 e. The fourth-order valence-corrected chi connectivity index (χ4v) is 2.04. The van der Waals surface area contributed by atoms with Crippen LogP contribution in [0.4, 0.5) is 0 Å². The van der Waals surface area contributed by atoms with Gasteiger partial charge >= 0.3 is 5.97 Å². The largest absolute Gasteiger partial charge is 0.487 e. The van der Waals surface area contributed by atoms with Crippen LogP contribution in [0.3, 0.4) is 0 Å². The normalized spacial score (nSPS) is 12.0. The molecular weight excluding hydrogens is 292 g/mol. The monoisotopic (exact) mass is 306 g/mol. The molecule has 0 amide bonds. The zero-order valence-electron chi connectivity index (χ0n) is 11.4. The molecule has 2 aromatic rings. The number of aliphatic hydroxyl groups is 1. The first-order valence-electron chi connectivity index (χ1n) is 6.40. The molecule has 0 bridgehead atoms. The van der Waals surface area contributed by atoms with Crippen molar-refractivity contribution in [3.63, 3.8) is 0 Å². The molecule has 0 aromatic heterocycles. The second kappa shape index (κ2) is 6.61. The second-order valence-electron chi connectivity index (χ2n) is 4.66. The summed E-state index contributed by atoms with van der Waals surface area (Å²) in [5.41, 5.74) is 1.80. The highest BCUT2D eigenvalue weighted by molar-refractivity contribution is 6.32. The molecule has 0 aliphatic carbocycles. The molecule has 0 spiro atoms. The number of rotatable bonds is 5. The number of aromatic carboxylic acids is 1. The van der Waals surface area contributed by atoms with Gasteiger partial charge in [-0.15, -0.1) is 0 Å². The predicted molar refractivity (Wildman–Crippen MR) is 79.8 cm³/mol. The summed E-state index contributed by atoms with van der Waals surface area (Å²) in [4.78, 5) is 10.8. The van der Waals surface area contributed by atoms with Gasteiger partial charge in [-0.1, -0.05) is 29.8 Å². The van der Waals surface area contributed by atoms with E-state index in [1.54, 1.807) is 37.3 Å². The molecule has 5 heteroatoms. The Morgan fingerprint density at radius 3 is 2.43 bits per heavy atom. The lowest BCUT2D eigenvalue weighted by molar-refractivity contribution is 0.0697. The lowest BCUT2D eigenvalue weighted by Gasteiger charge is -2.11. The topological polar surface area (TPSA) is 66.8 Å². The van der Waals surface area contributed by atoms with Gasteiger partial charge in [-0.05, 0) is 42.3 Å². The van der Waals surface area contributed by atoms with Crippen LogP contribution in [-0.2, 0) is 6.61 Å². The molecule has 4 nitrogen and oxygen atoms in total. The summed E-state index contributed by atoms with van der Waals surface area (Å²) < 4.78 is 5.60. The van der Waals surface area contributed by atoms with Crippen LogP contribution >= 0.6 is 11.6 Å². The third-order valence-electron chi connectivity index (χ3n) is 3.03. The van der Waals surface area contributed by atoms with E-state index in [-0.39, 0.29) is 12.2 Å². The van der Waals surface area contributed by atoms with Crippen molar-refractivity contribution in [3.05, 3.63) is 64.2 Å². The van der Waals surface area contributed by atoms with Crippen molar-refractivity contribution in [1.82, 2.24) is 0 Å². The van der Waals surface area contributed by atoms with Gasteiger partial charge in [0, 0.05) is 0 Å². The fourth-order valence-electron chi connectivity index (χ4n) is 1.80. The Hall–Kier alpha value is -2.04. The van der Waals surface area contributed by atoms with Crippen LogP contribution in [0.15, 0.2) is 42.5 Å². The van der Waals surface area contributed by atoms with Gasteiger partial charge in [0.2, 0.25) is 0 Å². The molecule has 0 heterocycles. The van der Waals surface area contributed by atoms with E-state index in [1.807, 2.05) is 0 Å². The van der Waals surface area contributed by atoms with E-state index in [1.165, 1.54) is 12.1 Å². The van der Waals surface area contributed by atoms with Gasteiger partial charge in [0.15, 0.2) is 0 Å². The van der Waals surface area contributed by atoms with E-state index in [0.29, 0.717) is 10.8 Å². The highest BCUT2D eigenvalue weighted by atomic mass is 35.5. The summed E-state index contributed by atoms with van der Waals surface area (Å²) in [5.74, 6) is -0.442. The maximum absolute atomic E-state index is 10.8. The zero-order valence-corrected chi connectivity index (χ0v) is 12.2. The quantitative estimate of drug-likeness (QED) is 0.884. The number of halogens is 1. The van der Waals surface area contributed by atoms with E-state index in [9.17, 15) is 9.90 Å². The van der Waals surface area contributed by atoms with Crippen LogP contribution in [0.5, 0.6) is 5.75 Å². The average molecular weight is 307 g/mol. The SMILES string of the molecule is C[C@H](O)c1ccc(OCc2ccc(C(=O)O)cc2)c(Cl)c1. The summed E-state index contributed by atoms with van der Waals surface area (Å²) in [6, 6.07) is 11.6. The van der Waals surface area contributed by atoms with Gasteiger partial charge in [-0.25, -0.2) is 4.79 Å². The van der Waals surface area contributed by atoms with E-state index < -0.39 is 12.1 Å². The lowest BCUT2D eigenvalue weighted by atomic mass is 10.1. The van der Waals surface area contributed by atoms with Crippen molar-refractivity contribution >= 4 is 17.6 Å². The Bertz CT molecular complexity index is 635. The van der Waals surface area contributed by atoms with Crippen LogP contribution < -0.4 is 4.74 Å². The summed E-state index contributed by atoms with van der Waals surface area (Å²) in [6.45, 7) is 1.95. The Balaban J connectivity index is 2.04. The smallest absolute Gasteiger partial charge is 0.335 e. The van der Waals surface area contributed by atoms with Gasteiger partial charge in [0.1, 0.15) is 12.4 Å². The molecule has 0 fully saturated rings. The minimum atomic E-state index is -0.959. The Morgan fingerprint density at radius 2 is 1.90 bits per heavy atom. The van der Waals surface area contributed by atoms with Crippen molar-refractivity contribution in [1.29, 1.82) is 0 Å². The van der Waals surface area contributed by atoms with Crippen molar-refractivity contribution < 1.29 is 19.7 Å². The lowest BCUT2D eigenvalue weighted by Crippen LogP contribution is -1.99. The molecule has 110 valence electrons. The maximum atomic E-state index is 10.8. The van der Waals surface area contributed by atoms with Crippen LogP contribution in [0.25, 0.3) is 0 Å². The van der Waals surface area contributed by atoms with Crippen molar-refractivity contribution in [2.24, 2.45) is 0 Å². The van der Waals surface area contributed by atoms with Gasteiger partial charge in [0.05, 0.1) is 16.7 Å². The van der Waals surface area contributed by atoms with Crippen molar-refractivity contribution in [2.45, 2.75) is 19.6 Å². The summed E-state index contributed by atoms with van der Waals surface area (Å²) in [5, 5.41) is 18.7. The van der Waals surface area contributed by atoms with Gasteiger partial charge in [-0.2, -0.15) is 0 Å². The number of hydrogen-bond acceptors (Lipinski definition) is 3. The Kier molecular flexibility index (Phi) is 4.83. The molecule has 0 saturated carbocycles. The number of carboxylic acid groups (broad SMARTS) is 1. The molecule has 2 aromatic carbocycles. The molecule has 2 N–H and O–H groups in total. The standard InChI is InChI=1S/C16H15ClO4/c1-10(18)13-6-7-15(14(17)8-13)21-9-11-2-4-12(5-3-11)16(19)20/h2-8,10,18H,9H2,1H3,(H,19,20)/t10-/m0/s1. The highest BCUT2D eigenvalue weighted by Gasteiger charge is 2.07.